The van der Waals surface area contributed by atoms with Crippen LogP contribution in [-0.4, -0.2) is 51.5 Å². The van der Waals surface area contributed by atoms with Gasteiger partial charge in [0.25, 0.3) is 0 Å². The summed E-state index contributed by atoms with van der Waals surface area (Å²) < 4.78 is 45.9. The van der Waals surface area contributed by atoms with E-state index in [1.807, 2.05) is 6.92 Å². The molecular formula is C11H24FO6P2+. The van der Waals surface area contributed by atoms with Gasteiger partial charge in [-0.05, 0) is 0 Å². The van der Waals surface area contributed by atoms with E-state index in [2.05, 4.69) is 0 Å². The Balaban J connectivity index is 2.84. The quantitative estimate of drug-likeness (QED) is 0.722. The first-order valence-corrected chi connectivity index (χ1v) is 10.4. The number of halogens is 1. The van der Waals surface area contributed by atoms with Gasteiger partial charge in [-0.25, -0.2) is 0 Å². The van der Waals surface area contributed by atoms with E-state index in [-0.39, 0.29) is 19.8 Å². The zero-order valence-electron chi connectivity index (χ0n) is 12.4. The fourth-order valence-corrected chi connectivity index (χ4v) is 3.70. The van der Waals surface area contributed by atoms with Crippen molar-refractivity contribution >= 4 is 15.6 Å². The molecule has 1 N–H and O–H groups in total. The van der Waals surface area contributed by atoms with Gasteiger partial charge in [-0.1, -0.05) is 0 Å². The molecule has 20 heavy (non-hydrogen) atoms. The first kappa shape index (κ1) is 18.3. The van der Waals surface area contributed by atoms with Gasteiger partial charge >= 0.3 is 119 Å². The van der Waals surface area contributed by atoms with Gasteiger partial charge < -0.3 is 0 Å². The Bertz CT molecular complexity index is 353. The van der Waals surface area contributed by atoms with Crippen LogP contribution in [0.25, 0.3) is 0 Å². The molecule has 2 atom stereocenters. The molecule has 0 aromatic heterocycles. The molecule has 1 saturated heterocycles. The van der Waals surface area contributed by atoms with Gasteiger partial charge in [0.05, 0.1) is 0 Å². The third-order valence-electron chi connectivity index (χ3n) is 3.47. The number of hydrogen-bond donors (Lipinski definition) is 1. The van der Waals surface area contributed by atoms with Crippen molar-refractivity contribution in [3.8, 4) is 0 Å². The Hall–Kier alpha value is 0.260. The molecule has 0 aromatic carbocycles. The van der Waals surface area contributed by atoms with Crippen molar-refractivity contribution in [2.45, 2.75) is 25.9 Å². The van der Waals surface area contributed by atoms with Gasteiger partial charge in [-0.2, -0.15) is 0 Å². The summed E-state index contributed by atoms with van der Waals surface area (Å²) in [7, 11) is -5.17. The normalized spacial score (nSPS) is 32.9. The monoisotopic (exact) mass is 333 g/mol. The zero-order valence-corrected chi connectivity index (χ0v) is 14.2. The SMILES string of the molecule is CCCC(O)C1(CO[P+](C)=O)COP(C)(F)(OC)OC1. The molecule has 0 bridgehead atoms. The van der Waals surface area contributed by atoms with Crippen LogP contribution in [0.4, 0.5) is 4.20 Å². The van der Waals surface area contributed by atoms with Crippen LogP contribution in [0, 0.1) is 5.41 Å². The van der Waals surface area contributed by atoms with Crippen molar-refractivity contribution < 1.29 is 32.0 Å². The third kappa shape index (κ3) is 4.38. The second-order valence-corrected chi connectivity index (χ2v) is 9.57. The molecule has 2 unspecified atom stereocenters. The van der Waals surface area contributed by atoms with E-state index in [0.29, 0.717) is 6.42 Å². The number of aliphatic hydroxyl groups excluding tert-OH is 1. The fraction of sp³-hybridized carbons (Fsp3) is 1.00. The maximum atomic E-state index is 14.5. The number of rotatable bonds is 7. The average molecular weight is 333 g/mol. The van der Waals surface area contributed by atoms with Gasteiger partial charge in [0, 0.05) is 0 Å². The molecule has 120 valence electrons. The van der Waals surface area contributed by atoms with Gasteiger partial charge in [0.15, 0.2) is 0 Å². The summed E-state index contributed by atoms with van der Waals surface area (Å²) in [6.07, 6.45) is 0.451. The Morgan fingerprint density at radius 1 is 1.50 bits per heavy atom. The Morgan fingerprint density at radius 2 is 2.05 bits per heavy atom. The standard InChI is InChI=1S/C11H24FO6P2/c1-5-6-10(13)11(7-16-19(3)14)8-17-20(4,12,15-2)18-9-11/h10,13H,5-9H2,1-4H3/q+1. The van der Waals surface area contributed by atoms with Gasteiger partial charge in [0.2, 0.25) is 0 Å². The van der Waals surface area contributed by atoms with Crippen molar-refractivity contribution in [1.29, 1.82) is 0 Å². The second-order valence-electron chi connectivity index (χ2n) is 5.26. The summed E-state index contributed by atoms with van der Waals surface area (Å²) in [6.45, 7) is 4.28. The molecule has 1 heterocycles. The average Bonchev–Trinajstić information content (AvgIpc) is 2.39. The van der Waals surface area contributed by atoms with Gasteiger partial charge in [-0.15, -0.1) is 0 Å². The maximum absolute atomic E-state index is 14.5. The Kier molecular flexibility index (Phi) is 6.02. The van der Waals surface area contributed by atoms with E-state index < -0.39 is 27.1 Å². The molecule has 0 aromatic rings. The molecule has 1 aliphatic heterocycles. The van der Waals surface area contributed by atoms with Crippen LogP contribution in [0.5, 0.6) is 0 Å². The van der Waals surface area contributed by atoms with Crippen molar-refractivity contribution in [3.05, 3.63) is 0 Å². The summed E-state index contributed by atoms with van der Waals surface area (Å²) in [6, 6.07) is 0. The van der Waals surface area contributed by atoms with Crippen LogP contribution in [0.3, 0.4) is 0 Å². The van der Waals surface area contributed by atoms with E-state index in [1.54, 1.807) is 0 Å². The predicted octanol–water partition coefficient (Wildman–Crippen LogP) is 3.03. The molecule has 6 nitrogen and oxygen atoms in total. The van der Waals surface area contributed by atoms with E-state index in [1.165, 1.54) is 13.8 Å². The third-order valence-corrected chi connectivity index (χ3v) is 6.16. The molecule has 1 aliphatic rings. The molecule has 0 aliphatic carbocycles. The van der Waals surface area contributed by atoms with Crippen LogP contribution in [0.15, 0.2) is 0 Å². The van der Waals surface area contributed by atoms with E-state index in [9.17, 15) is 13.9 Å². The molecule has 9 heteroatoms. The molecule has 0 amide bonds. The predicted molar refractivity (Wildman–Crippen MR) is 75.7 cm³/mol. The molecule has 1 fully saturated rings. The van der Waals surface area contributed by atoms with Gasteiger partial charge in [0.1, 0.15) is 0 Å². The molecule has 0 radical (unpaired) electrons. The van der Waals surface area contributed by atoms with Crippen LogP contribution < -0.4 is 0 Å². The summed E-state index contributed by atoms with van der Waals surface area (Å²) in [5, 5.41) is 10.3. The summed E-state index contributed by atoms with van der Waals surface area (Å²) in [5.74, 6) is 0. The fourth-order valence-electron chi connectivity index (χ4n) is 1.90. The molecule has 1 rings (SSSR count). The van der Waals surface area contributed by atoms with E-state index in [4.69, 9.17) is 18.1 Å². The first-order chi connectivity index (χ1) is 9.16. The molecule has 0 spiro atoms. The minimum atomic E-state index is -4.54. The number of aliphatic hydroxyl groups is 1. The van der Waals surface area contributed by atoms with Crippen molar-refractivity contribution in [2.75, 3.05) is 40.3 Å². The van der Waals surface area contributed by atoms with Crippen molar-refractivity contribution in [2.24, 2.45) is 5.41 Å². The topological polar surface area (TPSA) is 74.2 Å². The van der Waals surface area contributed by atoms with E-state index >= 15 is 0 Å². The van der Waals surface area contributed by atoms with Crippen LogP contribution in [0.1, 0.15) is 19.8 Å². The first-order valence-electron chi connectivity index (χ1n) is 6.47. The summed E-state index contributed by atoms with van der Waals surface area (Å²) in [4.78, 5) is 0. The Labute approximate surface area is 120 Å². The van der Waals surface area contributed by atoms with Crippen LogP contribution in [-0.2, 0) is 22.7 Å². The van der Waals surface area contributed by atoms with Crippen LogP contribution >= 0.6 is 15.6 Å². The van der Waals surface area contributed by atoms with Crippen molar-refractivity contribution in [3.63, 3.8) is 0 Å². The van der Waals surface area contributed by atoms with Gasteiger partial charge in [-0.3, -0.25) is 0 Å². The zero-order chi connectivity index (χ0) is 15.5. The van der Waals surface area contributed by atoms with Crippen molar-refractivity contribution in [1.82, 2.24) is 0 Å². The Morgan fingerprint density at radius 3 is 2.45 bits per heavy atom. The minimum absolute atomic E-state index is 0.0178. The van der Waals surface area contributed by atoms with Crippen LogP contribution in [0.2, 0.25) is 0 Å². The molecular weight excluding hydrogens is 309 g/mol. The summed E-state index contributed by atoms with van der Waals surface area (Å²) in [5.41, 5.74) is -0.932. The second kappa shape index (κ2) is 6.57. The molecule has 0 saturated carbocycles. The van der Waals surface area contributed by atoms with E-state index in [0.717, 1.165) is 13.1 Å². The summed E-state index contributed by atoms with van der Waals surface area (Å²) >= 11 is 0. The number of hydrogen-bond acceptors (Lipinski definition) is 6.